The molecule has 0 atom stereocenters. The van der Waals surface area contributed by atoms with Crippen molar-refractivity contribution < 1.29 is 45.0 Å². The van der Waals surface area contributed by atoms with E-state index in [9.17, 15) is 31.1 Å². The Morgan fingerprint density at radius 2 is 1.64 bits per heavy atom. The minimum atomic E-state index is -3.83. The van der Waals surface area contributed by atoms with Gasteiger partial charge in [0, 0.05) is 36.9 Å². The van der Waals surface area contributed by atoms with Crippen LogP contribution in [0.25, 0.3) is 45.0 Å². The molecular formula is C30H23F4N3O6S. The molecule has 0 aliphatic carbocycles. The molecule has 1 aliphatic heterocycles. The zero-order valence-corrected chi connectivity index (χ0v) is 24.1. The van der Waals surface area contributed by atoms with E-state index in [2.05, 4.69) is 19.6 Å². The summed E-state index contributed by atoms with van der Waals surface area (Å²) >= 11 is 0. The molecule has 0 fully saturated rings. The summed E-state index contributed by atoms with van der Waals surface area (Å²) in [5, 5.41) is 13.1. The molecular weight excluding hydrogens is 606 g/mol. The summed E-state index contributed by atoms with van der Waals surface area (Å²) in [6.07, 6.45) is -2.74. The second-order valence-corrected chi connectivity index (χ2v) is 12.2. The zero-order valence-electron chi connectivity index (χ0n) is 23.3. The largest absolute Gasteiger partial charge is 0.586 e. The molecule has 3 aromatic carbocycles. The van der Waals surface area contributed by atoms with Gasteiger partial charge in [0.05, 0.1) is 10.6 Å². The number of hydrogen-bond donors (Lipinski definition) is 1. The fraction of sp³-hybridized carbons (Fsp3) is 0.200. The average Bonchev–Trinajstić information content (AvgIpc) is 3.65. The smallest absolute Gasteiger partial charge is 0.440 e. The number of nitrogens with zero attached hydrogens (tertiary/aromatic N) is 3. The first-order chi connectivity index (χ1) is 20.6. The molecule has 0 unspecified atom stereocenters. The highest BCUT2D eigenvalue weighted by atomic mass is 32.2. The van der Waals surface area contributed by atoms with Crippen molar-refractivity contribution in [2.24, 2.45) is 7.05 Å². The van der Waals surface area contributed by atoms with Gasteiger partial charge < -0.3 is 19.0 Å². The van der Waals surface area contributed by atoms with Gasteiger partial charge in [-0.3, -0.25) is 4.68 Å². The normalized spacial score (nSPS) is 14.3. The molecule has 1 aliphatic rings. The topological polar surface area (TPSA) is 117 Å². The number of ether oxygens (including phenoxy) is 2. The van der Waals surface area contributed by atoms with Gasteiger partial charge in [-0.05, 0) is 53.6 Å². The number of sulfone groups is 1. The molecule has 0 saturated heterocycles. The third-order valence-electron chi connectivity index (χ3n) is 7.00. The molecule has 1 N–H and O–H groups in total. The van der Waals surface area contributed by atoms with Crippen LogP contribution in [-0.2, 0) is 22.8 Å². The number of fused-ring (bicyclic) bond motifs is 1. The number of oxazole rings is 1. The zero-order chi connectivity index (χ0) is 31.6. The van der Waals surface area contributed by atoms with Gasteiger partial charge in [0.2, 0.25) is 0 Å². The van der Waals surface area contributed by atoms with Crippen molar-refractivity contribution in [1.82, 2.24) is 14.8 Å². The molecule has 0 bridgehead atoms. The third-order valence-corrected chi connectivity index (χ3v) is 8.11. The Kier molecular flexibility index (Phi) is 6.81. The number of alkyl halides is 4. The molecule has 0 spiro atoms. The Balaban J connectivity index is 1.57. The van der Waals surface area contributed by atoms with Crippen LogP contribution in [0.15, 0.2) is 76.0 Å². The second-order valence-electron chi connectivity index (χ2n) is 10.2. The lowest BCUT2D eigenvalue weighted by Gasteiger charge is -2.13. The molecule has 2 aromatic heterocycles. The summed E-state index contributed by atoms with van der Waals surface area (Å²) in [6.45, 7) is 0.137. The van der Waals surface area contributed by atoms with E-state index in [0.29, 0.717) is 27.8 Å². The Hall–Kier alpha value is -4.69. The van der Waals surface area contributed by atoms with E-state index >= 15 is 0 Å². The van der Waals surface area contributed by atoms with Gasteiger partial charge in [-0.2, -0.15) is 13.9 Å². The van der Waals surface area contributed by atoms with E-state index in [1.165, 1.54) is 42.1 Å². The van der Waals surface area contributed by atoms with Gasteiger partial charge in [0.15, 0.2) is 33.0 Å². The summed E-state index contributed by atoms with van der Waals surface area (Å²) in [6, 6.07) is 16.5. The quantitative estimate of drug-likeness (QED) is 0.212. The Labute approximate surface area is 248 Å². The molecule has 3 heterocycles. The van der Waals surface area contributed by atoms with Gasteiger partial charge in [0.25, 0.3) is 0 Å². The summed E-state index contributed by atoms with van der Waals surface area (Å²) in [4.78, 5) is 4.57. The number of rotatable bonds is 7. The van der Waals surface area contributed by atoms with Crippen molar-refractivity contribution in [2.45, 2.75) is 24.0 Å². The molecule has 228 valence electrons. The lowest BCUT2D eigenvalue weighted by molar-refractivity contribution is -0.286. The van der Waals surface area contributed by atoms with E-state index in [4.69, 9.17) is 4.42 Å². The van der Waals surface area contributed by atoms with Crippen LogP contribution in [0.4, 0.5) is 17.6 Å². The maximum atomic E-state index is 14.4. The maximum absolute atomic E-state index is 14.4. The number of benzene rings is 3. The van der Waals surface area contributed by atoms with E-state index in [-0.39, 0.29) is 39.4 Å². The van der Waals surface area contributed by atoms with Gasteiger partial charge in [-0.15, -0.1) is 8.78 Å². The first-order valence-electron chi connectivity index (χ1n) is 13.0. The molecule has 9 nitrogen and oxygen atoms in total. The van der Waals surface area contributed by atoms with Crippen LogP contribution < -0.4 is 9.47 Å². The predicted molar refractivity (Wildman–Crippen MR) is 150 cm³/mol. The Morgan fingerprint density at radius 3 is 2.36 bits per heavy atom. The molecule has 0 amide bonds. The van der Waals surface area contributed by atoms with Crippen molar-refractivity contribution in [1.29, 1.82) is 0 Å². The van der Waals surface area contributed by atoms with E-state index in [1.54, 1.807) is 37.3 Å². The van der Waals surface area contributed by atoms with Gasteiger partial charge in [-0.1, -0.05) is 24.3 Å². The third kappa shape index (κ3) is 5.30. The molecule has 5 aromatic rings. The fourth-order valence-corrected chi connectivity index (χ4v) is 5.59. The first-order valence-corrected chi connectivity index (χ1v) is 14.9. The van der Waals surface area contributed by atoms with Gasteiger partial charge in [0.1, 0.15) is 18.0 Å². The number of aliphatic hydroxyl groups excluding tert-OH is 1. The van der Waals surface area contributed by atoms with Crippen molar-refractivity contribution in [3.63, 3.8) is 0 Å². The van der Waals surface area contributed by atoms with Crippen LogP contribution >= 0.6 is 0 Å². The number of aliphatic hydroxyl groups is 1. The van der Waals surface area contributed by atoms with Crippen molar-refractivity contribution in [2.75, 3.05) is 12.9 Å². The number of hydrogen-bond acceptors (Lipinski definition) is 8. The minimum absolute atomic E-state index is 0.0940. The molecule has 6 rings (SSSR count). The van der Waals surface area contributed by atoms with Crippen molar-refractivity contribution in [3.8, 4) is 56.5 Å². The van der Waals surface area contributed by atoms with Crippen LogP contribution in [-0.4, -0.2) is 47.4 Å². The SMILES string of the molecule is Cc1nc(-c2ccc3c(c2)OC(F)(F)O3)c(-c2cc(-c3cccc(S(C)(=O)=O)c3)ccc2-c2cc(C(F)(F)CO)nn2C)o1. The van der Waals surface area contributed by atoms with Crippen LogP contribution in [0.1, 0.15) is 11.6 Å². The summed E-state index contributed by atoms with van der Waals surface area (Å²) < 4.78 is 97.1. The summed E-state index contributed by atoms with van der Waals surface area (Å²) in [5.41, 5.74) is 1.99. The monoisotopic (exact) mass is 629 g/mol. The van der Waals surface area contributed by atoms with Crippen LogP contribution in [0.5, 0.6) is 11.5 Å². The highest BCUT2D eigenvalue weighted by Gasteiger charge is 2.43. The predicted octanol–water partition coefficient (Wildman–Crippen LogP) is 6.19. The number of aromatic nitrogens is 3. The maximum Gasteiger partial charge on any atom is 0.586 e. The standard InChI is InChI=1S/C30H23F4N3O6S/c1-16-35-27(19-8-10-24-25(13-19)43-30(33,34)42-24)28(41-16)22-12-18(17-5-4-6-20(11-17)44(3,39)40)7-9-21(22)23-14-26(36-37(23)2)29(31,32)15-38/h4-14,38H,15H2,1-3H3. The minimum Gasteiger partial charge on any atom is -0.440 e. The van der Waals surface area contributed by atoms with Gasteiger partial charge >= 0.3 is 12.2 Å². The van der Waals surface area contributed by atoms with Gasteiger partial charge in [-0.25, -0.2) is 13.4 Å². The summed E-state index contributed by atoms with van der Waals surface area (Å²) in [7, 11) is -2.06. The van der Waals surface area contributed by atoms with Crippen molar-refractivity contribution >= 4 is 9.84 Å². The molecule has 44 heavy (non-hydrogen) atoms. The highest BCUT2D eigenvalue weighted by Crippen LogP contribution is 2.46. The van der Waals surface area contributed by atoms with E-state index < -0.39 is 34.4 Å². The lowest BCUT2D eigenvalue weighted by Crippen LogP contribution is -2.25. The first kappa shape index (κ1) is 29.4. The fourth-order valence-electron chi connectivity index (χ4n) is 4.92. The second kappa shape index (κ2) is 10.2. The number of aryl methyl sites for hydroxylation is 2. The summed E-state index contributed by atoms with van der Waals surface area (Å²) in [5.74, 6) is -3.61. The Morgan fingerprint density at radius 1 is 0.932 bits per heavy atom. The van der Waals surface area contributed by atoms with Crippen LogP contribution in [0, 0.1) is 6.92 Å². The lowest BCUT2D eigenvalue weighted by atomic mass is 9.94. The highest BCUT2D eigenvalue weighted by molar-refractivity contribution is 7.90. The van der Waals surface area contributed by atoms with Crippen molar-refractivity contribution in [3.05, 3.63) is 78.3 Å². The number of halogens is 4. The van der Waals surface area contributed by atoms with E-state index in [0.717, 1.165) is 12.3 Å². The molecule has 14 heteroatoms. The van der Waals surface area contributed by atoms with Crippen LogP contribution in [0.3, 0.4) is 0 Å². The molecule has 0 radical (unpaired) electrons. The van der Waals surface area contributed by atoms with Crippen LogP contribution in [0.2, 0.25) is 0 Å². The van der Waals surface area contributed by atoms with E-state index in [1.807, 2.05) is 0 Å². The average molecular weight is 630 g/mol. The Bertz CT molecular complexity index is 2040. The molecule has 0 saturated carbocycles.